The number of hydrogen-bond donors (Lipinski definition) is 3. The van der Waals surface area contributed by atoms with Crippen molar-refractivity contribution in [1.82, 2.24) is 5.43 Å². The van der Waals surface area contributed by atoms with E-state index in [-0.39, 0.29) is 6.61 Å². The first kappa shape index (κ1) is 13.9. The molecule has 0 aliphatic rings. The molecular formula is C15H17N3O2. The van der Waals surface area contributed by atoms with E-state index in [4.69, 9.17) is 10.5 Å². The number of nitrogens with one attached hydrogen (secondary N) is 2. The van der Waals surface area contributed by atoms with Crippen LogP contribution in [0.4, 0.5) is 5.69 Å². The first-order valence-corrected chi connectivity index (χ1v) is 6.28. The van der Waals surface area contributed by atoms with Gasteiger partial charge in [-0.1, -0.05) is 30.3 Å². The third-order valence-electron chi connectivity index (χ3n) is 2.60. The smallest absolute Gasteiger partial charge is 0.255 e. The Kier molecular flexibility index (Phi) is 4.97. The van der Waals surface area contributed by atoms with Gasteiger partial charge in [-0.05, 0) is 29.8 Å². The maximum atomic E-state index is 10.6. The fourth-order valence-corrected chi connectivity index (χ4v) is 1.63. The molecule has 104 valence electrons. The lowest BCUT2D eigenvalue weighted by atomic mass is 10.2. The summed E-state index contributed by atoms with van der Waals surface area (Å²) in [6.07, 6.45) is 0. The predicted molar refractivity (Wildman–Crippen MR) is 78.0 cm³/mol. The van der Waals surface area contributed by atoms with Crippen LogP contribution in [0.15, 0.2) is 54.6 Å². The Hall–Kier alpha value is -2.53. The van der Waals surface area contributed by atoms with Crippen LogP contribution in [0.5, 0.6) is 5.75 Å². The molecule has 0 saturated carbocycles. The van der Waals surface area contributed by atoms with E-state index < -0.39 is 5.91 Å². The van der Waals surface area contributed by atoms with Crippen molar-refractivity contribution in [3.63, 3.8) is 0 Å². The van der Waals surface area contributed by atoms with Gasteiger partial charge in [-0.2, -0.15) is 0 Å². The highest BCUT2D eigenvalue weighted by atomic mass is 16.5. The van der Waals surface area contributed by atoms with Gasteiger partial charge in [0.25, 0.3) is 5.91 Å². The molecule has 0 heterocycles. The molecule has 20 heavy (non-hydrogen) atoms. The molecule has 0 fully saturated rings. The van der Waals surface area contributed by atoms with Crippen molar-refractivity contribution in [3.05, 3.63) is 60.2 Å². The molecule has 0 aromatic heterocycles. The van der Waals surface area contributed by atoms with Crippen LogP contribution in [0, 0.1) is 0 Å². The van der Waals surface area contributed by atoms with Crippen molar-refractivity contribution < 1.29 is 9.53 Å². The lowest BCUT2D eigenvalue weighted by Crippen LogP contribution is -2.21. The Morgan fingerprint density at radius 2 is 1.75 bits per heavy atom. The quantitative estimate of drug-likeness (QED) is 0.669. The topological polar surface area (TPSA) is 76.4 Å². The molecule has 0 saturated heterocycles. The molecule has 4 N–H and O–H groups in total. The summed E-state index contributed by atoms with van der Waals surface area (Å²) in [7, 11) is 0. The van der Waals surface area contributed by atoms with Crippen molar-refractivity contribution in [1.29, 1.82) is 0 Å². The van der Waals surface area contributed by atoms with Gasteiger partial charge in [-0.25, -0.2) is 5.43 Å². The first-order valence-electron chi connectivity index (χ1n) is 6.28. The summed E-state index contributed by atoms with van der Waals surface area (Å²) in [6, 6.07) is 17.3. The zero-order valence-corrected chi connectivity index (χ0v) is 11.0. The highest BCUT2D eigenvalue weighted by molar-refractivity contribution is 5.75. The number of para-hydroxylation sites is 1. The third-order valence-corrected chi connectivity index (χ3v) is 2.60. The minimum atomic E-state index is -0.484. The van der Waals surface area contributed by atoms with Crippen molar-refractivity contribution >= 4 is 11.6 Å². The SMILES string of the molecule is NC(=O)COc1ccc(CNNc2ccccc2)cc1. The number of benzene rings is 2. The van der Waals surface area contributed by atoms with Crippen LogP contribution >= 0.6 is 0 Å². The molecule has 0 aliphatic heterocycles. The van der Waals surface area contributed by atoms with E-state index in [1.54, 1.807) is 0 Å². The molecule has 1 amide bonds. The second kappa shape index (κ2) is 7.16. The number of rotatable bonds is 7. The summed E-state index contributed by atoms with van der Waals surface area (Å²) in [6.45, 7) is 0.568. The largest absolute Gasteiger partial charge is 0.484 e. The first-order chi connectivity index (χ1) is 9.74. The summed E-state index contributed by atoms with van der Waals surface area (Å²) in [5.41, 5.74) is 13.3. The lowest BCUT2D eigenvalue weighted by molar-refractivity contribution is -0.119. The Morgan fingerprint density at radius 1 is 1.05 bits per heavy atom. The Bertz CT molecular complexity index is 541. The summed E-state index contributed by atoms with van der Waals surface area (Å²) in [4.78, 5) is 10.6. The standard InChI is InChI=1S/C15H17N3O2/c16-15(19)11-20-14-8-6-12(7-9-14)10-17-18-13-4-2-1-3-5-13/h1-9,17-18H,10-11H2,(H2,16,19). The number of nitrogens with two attached hydrogens (primary N) is 1. The van der Waals surface area contributed by atoms with Gasteiger partial charge in [-0.15, -0.1) is 0 Å². The Labute approximate surface area is 117 Å². The second-order valence-electron chi connectivity index (χ2n) is 4.24. The minimum Gasteiger partial charge on any atom is -0.484 e. The van der Waals surface area contributed by atoms with Crippen LogP contribution in [0.25, 0.3) is 0 Å². The Morgan fingerprint density at radius 3 is 2.40 bits per heavy atom. The normalized spacial score (nSPS) is 10.0. The van der Waals surface area contributed by atoms with E-state index in [0.717, 1.165) is 11.3 Å². The second-order valence-corrected chi connectivity index (χ2v) is 4.24. The van der Waals surface area contributed by atoms with Gasteiger partial charge in [0.05, 0.1) is 0 Å². The average Bonchev–Trinajstić information content (AvgIpc) is 2.47. The van der Waals surface area contributed by atoms with Crippen LogP contribution in [-0.4, -0.2) is 12.5 Å². The number of hydrogen-bond acceptors (Lipinski definition) is 4. The number of carbonyl (C=O) groups is 1. The maximum Gasteiger partial charge on any atom is 0.255 e. The number of amides is 1. The monoisotopic (exact) mass is 271 g/mol. The van der Waals surface area contributed by atoms with Gasteiger partial charge >= 0.3 is 0 Å². The number of anilines is 1. The van der Waals surface area contributed by atoms with Gasteiger partial charge < -0.3 is 15.9 Å². The summed E-state index contributed by atoms with van der Waals surface area (Å²) in [5.74, 6) is 0.145. The maximum absolute atomic E-state index is 10.6. The molecular weight excluding hydrogens is 254 g/mol. The zero-order valence-electron chi connectivity index (χ0n) is 11.0. The van der Waals surface area contributed by atoms with E-state index in [0.29, 0.717) is 12.3 Å². The summed E-state index contributed by atoms with van der Waals surface area (Å²) in [5, 5.41) is 0. The van der Waals surface area contributed by atoms with Crippen LogP contribution in [0.2, 0.25) is 0 Å². The molecule has 0 atom stereocenters. The predicted octanol–water partition coefficient (Wildman–Crippen LogP) is 1.67. The molecule has 0 aliphatic carbocycles. The van der Waals surface area contributed by atoms with E-state index in [1.807, 2.05) is 54.6 Å². The summed E-state index contributed by atoms with van der Waals surface area (Å²) < 4.78 is 5.19. The van der Waals surface area contributed by atoms with Gasteiger partial charge in [0.2, 0.25) is 0 Å². The molecule has 0 spiro atoms. The molecule has 0 unspecified atom stereocenters. The van der Waals surface area contributed by atoms with Gasteiger partial charge in [-0.3, -0.25) is 4.79 Å². The minimum absolute atomic E-state index is 0.104. The van der Waals surface area contributed by atoms with Crippen molar-refractivity contribution in [2.75, 3.05) is 12.0 Å². The molecule has 2 rings (SSSR count). The zero-order chi connectivity index (χ0) is 14.2. The fraction of sp³-hybridized carbons (Fsp3) is 0.133. The average molecular weight is 271 g/mol. The number of hydrazine groups is 1. The Balaban J connectivity index is 1.77. The van der Waals surface area contributed by atoms with Gasteiger partial charge in [0, 0.05) is 12.2 Å². The molecule has 2 aromatic rings. The lowest BCUT2D eigenvalue weighted by Gasteiger charge is -2.09. The van der Waals surface area contributed by atoms with Crippen LogP contribution < -0.4 is 21.3 Å². The van der Waals surface area contributed by atoms with Crippen molar-refractivity contribution in [2.45, 2.75) is 6.54 Å². The number of primary amides is 1. The van der Waals surface area contributed by atoms with Crippen LogP contribution in [0.3, 0.4) is 0 Å². The van der Waals surface area contributed by atoms with Gasteiger partial charge in [0.1, 0.15) is 5.75 Å². The molecule has 0 bridgehead atoms. The number of carbonyl (C=O) groups excluding carboxylic acids is 1. The molecule has 5 nitrogen and oxygen atoms in total. The van der Waals surface area contributed by atoms with E-state index >= 15 is 0 Å². The van der Waals surface area contributed by atoms with Crippen LogP contribution in [-0.2, 0) is 11.3 Å². The number of ether oxygens (including phenoxy) is 1. The van der Waals surface area contributed by atoms with Gasteiger partial charge in [0.15, 0.2) is 6.61 Å². The summed E-state index contributed by atoms with van der Waals surface area (Å²) >= 11 is 0. The van der Waals surface area contributed by atoms with E-state index in [9.17, 15) is 4.79 Å². The van der Waals surface area contributed by atoms with Crippen molar-refractivity contribution in [3.8, 4) is 5.75 Å². The van der Waals surface area contributed by atoms with Crippen molar-refractivity contribution in [2.24, 2.45) is 5.73 Å². The molecule has 5 heteroatoms. The highest BCUT2D eigenvalue weighted by Gasteiger charge is 1.98. The van der Waals surface area contributed by atoms with E-state index in [2.05, 4.69) is 10.9 Å². The van der Waals surface area contributed by atoms with E-state index in [1.165, 1.54) is 0 Å². The fourth-order valence-electron chi connectivity index (χ4n) is 1.63. The third kappa shape index (κ3) is 4.62. The van der Waals surface area contributed by atoms with Crippen LogP contribution in [0.1, 0.15) is 5.56 Å². The molecule has 2 aromatic carbocycles. The highest BCUT2D eigenvalue weighted by Crippen LogP contribution is 2.12. The molecule has 0 radical (unpaired) electrons.